The predicted molar refractivity (Wildman–Crippen MR) is 81.8 cm³/mol. The lowest BCUT2D eigenvalue weighted by atomic mass is 10.0. The Morgan fingerprint density at radius 3 is 2.19 bits per heavy atom. The van der Waals surface area contributed by atoms with Crippen LogP contribution in [0.3, 0.4) is 0 Å². The van der Waals surface area contributed by atoms with E-state index in [9.17, 15) is 12.8 Å². The predicted octanol–water partition coefficient (Wildman–Crippen LogP) is 3.48. The van der Waals surface area contributed by atoms with E-state index < -0.39 is 20.7 Å². The van der Waals surface area contributed by atoms with Gasteiger partial charge in [-0.05, 0) is 41.7 Å². The number of rotatable bonds is 5. The van der Waals surface area contributed by atoms with Crippen LogP contribution in [0.25, 0.3) is 11.1 Å². The Kier molecular flexibility index (Phi) is 4.75. The van der Waals surface area contributed by atoms with Crippen molar-refractivity contribution in [2.75, 3.05) is 0 Å². The Labute approximate surface area is 124 Å². The number of hydrogen-bond acceptors (Lipinski definition) is 2. The van der Waals surface area contributed by atoms with E-state index in [4.69, 9.17) is 5.14 Å². The Morgan fingerprint density at radius 2 is 1.67 bits per heavy atom. The molecular formula is C16H18FNO2S. The standard InChI is InChI=1S/C16H18FNO2S/c1-2-3-4-12-5-7-13(8-6-12)14-9-10-16(15(17)11-14)21(18,19)20/h5-11H,2-4H2,1H3,(H2,18,19,20). The van der Waals surface area contributed by atoms with Crippen molar-refractivity contribution in [2.24, 2.45) is 5.14 Å². The summed E-state index contributed by atoms with van der Waals surface area (Å²) in [6, 6.07) is 11.8. The Balaban J connectivity index is 2.28. The minimum absolute atomic E-state index is 0.481. The summed E-state index contributed by atoms with van der Waals surface area (Å²) in [4.78, 5) is -0.481. The van der Waals surface area contributed by atoms with Gasteiger partial charge in [-0.15, -0.1) is 0 Å². The van der Waals surface area contributed by atoms with E-state index in [1.807, 2.05) is 24.3 Å². The maximum Gasteiger partial charge on any atom is 0.240 e. The van der Waals surface area contributed by atoms with E-state index in [0.29, 0.717) is 5.56 Å². The van der Waals surface area contributed by atoms with Gasteiger partial charge in [0.15, 0.2) is 0 Å². The fourth-order valence-electron chi connectivity index (χ4n) is 2.16. The summed E-state index contributed by atoms with van der Waals surface area (Å²) in [5.41, 5.74) is 2.71. The van der Waals surface area contributed by atoms with Crippen LogP contribution < -0.4 is 5.14 Å². The summed E-state index contributed by atoms with van der Waals surface area (Å²) in [6.45, 7) is 2.14. The molecule has 21 heavy (non-hydrogen) atoms. The van der Waals surface area contributed by atoms with Gasteiger partial charge in [-0.25, -0.2) is 17.9 Å². The summed E-state index contributed by atoms with van der Waals surface area (Å²) in [5.74, 6) is -0.829. The van der Waals surface area contributed by atoms with Gasteiger partial charge in [0.2, 0.25) is 10.0 Å². The van der Waals surface area contributed by atoms with Gasteiger partial charge in [0.05, 0.1) is 0 Å². The van der Waals surface area contributed by atoms with Crippen LogP contribution in [-0.4, -0.2) is 8.42 Å². The van der Waals surface area contributed by atoms with Gasteiger partial charge in [-0.2, -0.15) is 0 Å². The van der Waals surface area contributed by atoms with Gasteiger partial charge < -0.3 is 0 Å². The SMILES string of the molecule is CCCCc1ccc(-c2ccc(S(N)(=O)=O)c(F)c2)cc1. The second-order valence-corrected chi connectivity index (χ2v) is 6.52. The molecule has 0 aliphatic heterocycles. The molecular weight excluding hydrogens is 289 g/mol. The number of sulfonamides is 1. The maximum atomic E-state index is 13.8. The molecule has 0 heterocycles. The molecule has 0 spiro atoms. The molecule has 2 N–H and O–H groups in total. The number of primary sulfonamides is 1. The monoisotopic (exact) mass is 307 g/mol. The molecule has 112 valence electrons. The molecule has 0 atom stereocenters. The quantitative estimate of drug-likeness (QED) is 0.919. The van der Waals surface area contributed by atoms with Crippen LogP contribution in [0.15, 0.2) is 47.4 Å². The first kappa shape index (κ1) is 15.7. The molecule has 2 aromatic rings. The van der Waals surface area contributed by atoms with Crippen LogP contribution >= 0.6 is 0 Å². The van der Waals surface area contributed by atoms with Crippen LogP contribution in [-0.2, 0) is 16.4 Å². The molecule has 3 nitrogen and oxygen atoms in total. The minimum Gasteiger partial charge on any atom is -0.225 e. The Morgan fingerprint density at radius 1 is 1.05 bits per heavy atom. The van der Waals surface area contributed by atoms with Gasteiger partial charge in [0.1, 0.15) is 10.7 Å². The first-order valence-corrected chi connectivity index (χ1v) is 8.38. The molecule has 0 radical (unpaired) electrons. The van der Waals surface area contributed by atoms with Crippen molar-refractivity contribution in [3.63, 3.8) is 0 Å². The van der Waals surface area contributed by atoms with E-state index in [1.54, 1.807) is 6.07 Å². The highest BCUT2D eigenvalue weighted by Crippen LogP contribution is 2.24. The van der Waals surface area contributed by atoms with E-state index in [1.165, 1.54) is 17.7 Å². The molecule has 2 rings (SSSR count). The second kappa shape index (κ2) is 6.37. The third kappa shape index (κ3) is 3.89. The van der Waals surface area contributed by atoms with Crippen molar-refractivity contribution in [1.82, 2.24) is 0 Å². The number of hydrogen-bond donors (Lipinski definition) is 1. The Hall–Kier alpha value is -1.72. The molecule has 0 saturated heterocycles. The average Bonchev–Trinajstić information content (AvgIpc) is 2.44. The highest BCUT2D eigenvalue weighted by molar-refractivity contribution is 7.89. The van der Waals surface area contributed by atoms with Crippen LogP contribution in [0, 0.1) is 5.82 Å². The first-order valence-electron chi connectivity index (χ1n) is 6.83. The van der Waals surface area contributed by atoms with E-state index in [2.05, 4.69) is 6.92 Å². The van der Waals surface area contributed by atoms with Crippen molar-refractivity contribution >= 4 is 10.0 Å². The lowest BCUT2D eigenvalue weighted by Crippen LogP contribution is -2.13. The zero-order chi connectivity index (χ0) is 15.5. The number of benzene rings is 2. The average molecular weight is 307 g/mol. The molecule has 0 amide bonds. The number of halogens is 1. The number of nitrogens with two attached hydrogens (primary N) is 1. The van der Waals surface area contributed by atoms with E-state index in [-0.39, 0.29) is 0 Å². The molecule has 5 heteroatoms. The summed E-state index contributed by atoms with van der Waals surface area (Å²) >= 11 is 0. The third-order valence-electron chi connectivity index (χ3n) is 3.34. The lowest BCUT2D eigenvalue weighted by molar-refractivity contribution is 0.568. The third-order valence-corrected chi connectivity index (χ3v) is 4.29. The van der Waals surface area contributed by atoms with Crippen LogP contribution in [0.5, 0.6) is 0 Å². The van der Waals surface area contributed by atoms with Crippen LogP contribution in [0.1, 0.15) is 25.3 Å². The van der Waals surface area contributed by atoms with Gasteiger partial charge in [0.25, 0.3) is 0 Å². The van der Waals surface area contributed by atoms with Gasteiger partial charge >= 0.3 is 0 Å². The lowest BCUT2D eigenvalue weighted by Gasteiger charge is -2.06. The molecule has 0 saturated carbocycles. The van der Waals surface area contributed by atoms with Crippen LogP contribution in [0.2, 0.25) is 0 Å². The van der Waals surface area contributed by atoms with Crippen molar-refractivity contribution in [1.29, 1.82) is 0 Å². The maximum absolute atomic E-state index is 13.8. The molecule has 0 aromatic heterocycles. The van der Waals surface area contributed by atoms with Gasteiger partial charge in [-0.1, -0.05) is 43.7 Å². The van der Waals surface area contributed by atoms with Crippen molar-refractivity contribution in [3.8, 4) is 11.1 Å². The zero-order valence-electron chi connectivity index (χ0n) is 11.8. The van der Waals surface area contributed by atoms with Crippen molar-refractivity contribution in [2.45, 2.75) is 31.1 Å². The fourth-order valence-corrected chi connectivity index (χ4v) is 2.74. The second-order valence-electron chi connectivity index (χ2n) is 4.99. The molecule has 2 aromatic carbocycles. The summed E-state index contributed by atoms with van der Waals surface area (Å²) < 4.78 is 36.2. The molecule has 0 aliphatic rings. The highest BCUT2D eigenvalue weighted by Gasteiger charge is 2.14. The van der Waals surface area contributed by atoms with Gasteiger partial charge in [-0.3, -0.25) is 0 Å². The molecule has 0 bridgehead atoms. The van der Waals surface area contributed by atoms with Crippen molar-refractivity contribution in [3.05, 3.63) is 53.8 Å². The minimum atomic E-state index is -4.02. The largest absolute Gasteiger partial charge is 0.240 e. The van der Waals surface area contributed by atoms with E-state index >= 15 is 0 Å². The number of unbranched alkanes of at least 4 members (excludes halogenated alkanes) is 1. The Bertz CT molecular complexity index is 724. The normalized spacial score (nSPS) is 11.6. The summed E-state index contributed by atoms with van der Waals surface area (Å²) in [5, 5.41) is 4.94. The highest BCUT2D eigenvalue weighted by atomic mass is 32.2. The zero-order valence-corrected chi connectivity index (χ0v) is 12.7. The smallest absolute Gasteiger partial charge is 0.225 e. The molecule has 0 fully saturated rings. The summed E-state index contributed by atoms with van der Waals surface area (Å²) in [7, 11) is -4.02. The first-order chi connectivity index (χ1) is 9.91. The fraction of sp³-hybridized carbons (Fsp3) is 0.250. The number of aryl methyl sites for hydroxylation is 1. The summed E-state index contributed by atoms with van der Waals surface area (Å²) in [6.07, 6.45) is 3.30. The van der Waals surface area contributed by atoms with Crippen molar-refractivity contribution < 1.29 is 12.8 Å². The topological polar surface area (TPSA) is 60.2 Å². The van der Waals surface area contributed by atoms with E-state index in [0.717, 1.165) is 24.8 Å². The molecule has 0 aliphatic carbocycles. The molecule has 0 unspecified atom stereocenters. The van der Waals surface area contributed by atoms with Gasteiger partial charge in [0, 0.05) is 0 Å². The van der Waals surface area contributed by atoms with Crippen LogP contribution in [0.4, 0.5) is 4.39 Å².